The molecule has 0 aliphatic rings. The van der Waals surface area contributed by atoms with E-state index < -0.39 is 31.1 Å². The zero-order valence-corrected chi connectivity index (χ0v) is 11.2. The molecule has 0 saturated carbocycles. The van der Waals surface area contributed by atoms with Crippen LogP contribution in [-0.4, -0.2) is 48.3 Å². The SMILES string of the molecule is COc1cccc(CC(=O)N(CC(=O)O)CC(F)(F)F)c1. The second-order valence-electron chi connectivity index (χ2n) is 4.29. The Morgan fingerprint density at radius 1 is 1.33 bits per heavy atom. The first-order chi connectivity index (χ1) is 9.71. The maximum Gasteiger partial charge on any atom is 0.406 e. The number of alkyl halides is 3. The highest BCUT2D eigenvalue weighted by atomic mass is 19.4. The minimum Gasteiger partial charge on any atom is -0.497 e. The predicted molar refractivity (Wildman–Crippen MR) is 67.0 cm³/mol. The van der Waals surface area contributed by atoms with Gasteiger partial charge in [0.2, 0.25) is 5.91 Å². The molecule has 0 spiro atoms. The zero-order chi connectivity index (χ0) is 16.0. The molecule has 0 atom stereocenters. The monoisotopic (exact) mass is 305 g/mol. The second-order valence-corrected chi connectivity index (χ2v) is 4.29. The quantitative estimate of drug-likeness (QED) is 0.869. The van der Waals surface area contributed by atoms with Gasteiger partial charge in [-0.1, -0.05) is 12.1 Å². The van der Waals surface area contributed by atoms with E-state index in [1.54, 1.807) is 18.2 Å². The number of ether oxygens (including phenoxy) is 1. The highest BCUT2D eigenvalue weighted by Gasteiger charge is 2.33. The summed E-state index contributed by atoms with van der Waals surface area (Å²) in [7, 11) is 1.42. The number of methoxy groups -OCH3 is 1. The van der Waals surface area contributed by atoms with E-state index in [1.807, 2.05) is 0 Å². The number of hydrogen-bond donors (Lipinski definition) is 1. The molecule has 0 bridgehead atoms. The molecule has 21 heavy (non-hydrogen) atoms. The molecule has 0 unspecified atom stereocenters. The summed E-state index contributed by atoms with van der Waals surface area (Å²) in [6.07, 6.45) is -4.99. The third kappa shape index (κ3) is 6.15. The van der Waals surface area contributed by atoms with Gasteiger partial charge in [-0.15, -0.1) is 0 Å². The van der Waals surface area contributed by atoms with E-state index >= 15 is 0 Å². The van der Waals surface area contributed by atoms with Crippen molar-refractivity contribution in [1.82, 2.24) is 4.90 Å². The van der Waals surface area contributed by atoms with E-state index in [2.05, 4.69) is 0 Å². The summed E-state index contributed by atoms with van der Waals surface area (Å²) in [4.78, 5) is 22.7. The topological polar surface area (TPSA) is 66.8 Å². The van der Waals surface area contributed by atoms with Gasteiger partial charge in [-0.05, 0) is 17.7 Å². The Hall–Kier alpha value is -2.25. The van der Waals surface area contributed by atoms with Crippen molar-refractivity contribution in [2.75, 3.05) is 20.2 Å². The highest BCUT2D eigenvalue weighted by molar-refractivity contribution is 5.83. The molecule has 0 saturated heterocycles. The molecule has 1 aromatic carbocycles. The number of rotatable bonds is 6. The molecule has 0 radical (unpaired) electrons. The number of amides is 1. The van der Waals surface area contributed by atoms with Crippen molar-refractivity contribution in [3.8, 4) is 5.75 Å². The van der Waals surface area contributed by atoms with Gasteiger partial charge in [0.15, 0.2) is 0 Å². The lowest BCUT2D eigenvalue weighted by molar-refractivity contribution is -0.165. The summed E-state index contributed by atoms with van der Waals surface area (Å²) in [5.74, 6) is -1.96. The van der Waals surface area contributed by atoms with Crippen LogP contribution in [0, 0.1) is 0 Å². The fraction of sp³-hybridized carbons (Fsp3) is 0.385. The number of halogens is 3. The molecule has 0 aliphatic heterocycles. The van der Waals surface area contributed by atoms with Crippen LogP contribution in [0.2, 0.25) is 0 Å². The lowest BCUT2D eigenvalue weighted by Gasteiger charge is -2.22. The van der Waals surface area contributed by atoms with Crippen molar-refractivity contribution < 1.29 is 32.6 Å². The van der Waals surface area contributed by atoms with Crippen LogP contribution in [0.5, 0.6) is 5.75 Å². The van der Waals surface area contributed by atoms with Crippen LogP contribution in [0.3, 0.4) is 0 Å². The van der Waals surface area contributed by atoms with Crippen molar-refractivity contribution in [2.45, 2.75) is 12.6 Å². The van der Waals surface area contributed by atoms with Gasteiger partial charge in [-0.3, -0.25) is 9.59 Å². The first-order valence-corrected chi connectivity index (χ1v) is 5.90. The number of carbonyl (C=O) groups is 2. The van der Waals surface area contributed by atoms with E-state index in [4.69, 9.17) is 9.84 Å². The summed E-state index contributed by atoms with van der Waals surface area (Å²) in [6.45, 7) is -2.59. The smallest absolute Gasteiger partial charge is 0.406 e. The second kappa shape index (κ2) is 6.96. The first-order valence-electron chi connectivity index (χ1n) is 5.90. The summed E-state index contributed by atoms with van der Waals surface area (Å²) < 4.78 is 42.0. The Morgan fingerprint density at radius 3 is 2.52 bits per heavy atom. The fourth-order valence-electron chi connectivity index (χ4n) is 1.68. The maximum absolute atomic E-state index is 12.4. The Morgan fingerprint density at radius 2 is 2.00 bits per heavy atom. The Bertz CT molecular complexity index is 516. The van der Waals surface area contributed by atoms with Gasteiger partial charge in [-0.2, -0.15) is 13.2 Å². The molecule has 1 N–H and O–H groups in total. The van der Waals surface area contributed by atoms with Crippen molar-refractivity contribution >= 4 is 11.9 Å². The number of hydrogen-bond acceptors (Lipinski definition) is 3. The molecular weight excluding hydrogens is 291 g/mol. The Kier molecular flexibility index (Phi) is 5.57. The van der Waals surface area contributed by atoms with Crippen LogP contribution >= 0.6 is 0 Å². The number of carboxylic acids is 1. The van der Waals surface area contributed by atoms with Gasteiger partial charge in [-0.25, -0.2) is 0 Å². The molecule has 1 rings (SSSR count). The van der Waals surface area contributed by atoms with Crippen LogP contribution < -0.4 is 4.74 Å². The summed E-state index contributed by atoms with van der Waals surface area (Å²) in [5.41, 5.74) is 0.442. The van der Waals surface area contributed by atoms with E-state index in [0.29, 0.717) is 11.3 Å². The van der Waals surface area contributed by atoms with E-state index in [1.165, 1.54) is 13.2 Å². The number of carboxylic acid groups (broad SMARTS) is 1. The molecule has 116 valence electrons. The molecule has 0 fully saturated rings. The van der Waals surface area contributed by atoms with Crippen LogP contribution in [-0.2, 0) is 16.0 Å². The molecule has 1 amide bonds. The Labute approximate surface area is 118 Å². The molecule has 5 nitrogen and oxygen atoms in total. The third-order valence-electron chi connectivity index (χ3n) is 2.54. The van der Waals surface area contributed by atoms with E-state index in [9.17, 15) is 22.8 Å². The maximum atomic E-state index is 12.4. The molecule has 0 heterocycles. The van der Waals surface area contributed by atoms with Gasteiger partial charge in [0.05, 0.1) is 13.5 Å². The minimum absolute atomic E-state index is 0.266. The van der Waals surface area contributed by atoms with E-state index in [0.717, 1.165) is 0 Å². The summed E-state index contributed by atoms with van der Waals surface area (Å²) >= 11 is 0. The van der Waals surface area contributed by atoms with Crippen LogP contribution in [0.1, 0.15) is 5.56 Å². The Balaban J connectivity index is 2.82. The normalized spacial score (nSPS) is 11.0. The van der Waals surface area contributed by atoms with Gasteiger partial charge >= 0.3 is 12.1 Å². The minimum atomic E-state index is -4.65. The number of carbonyl (C=O) groups excluding carboxylic acids is 1. The number of aliphatic carboxylic acids is 1. The summed E-state index contributed by atoms with van der Waals surface area (Å²) in [6, 6.07) is 6.27. The lowest BCUT2D eigenvalue weighted by atomic mass is 10.1. The van der Waals surface area contributed by atoms with Crippen LogP contribution in [0.25, 0.3) is 0 Å². The highest BCUT2D eigenvalue weighted by Crippen LogP contribution is 2.18. The summed E-state index contributed by atoms with van der Waals surface area (Å²) in [5, 5.41) is 8.60. The molecule has 0 aliphatic carbocycles. The molecule has 0 aromatic heterocycles. The van der Waals surface area contributed by atoms with Gasteiger partial charge in [0.25, 0.3) is 0 Å². The predicted octanol–water partition coefficient (Wildman–Crippen LogP) is 1.71. The first kappa shape index (κ1) is 16.8. The van der Waals surface area contributed by atoms with Crippen LogP contribution in [0.15, 0.2) is 24.3 Å². The fourth-order valence-corrected chi connectivity index (χ4v) is 1.68. The average molecular weight is 305 g/mol. The van der Waals surface area contributed by atoms with Crippen molar-refractivity contribution in [1.29, 1.82) is 0 Å². The number of benzene rings is 1. The van der Waals surface area contributed by atoms with Crippen molar-refractivity contribution in [3.63, 3.8) is 0 Å². The number of nitrogens with zero attached hydrogens (tertiary/aromatic N) is 1. The standard InChI is InChI=1S/C13H14F3NO4/c1-21-10-4-2-3-9(5-10)6-11(18)17(7-12(19)20)8-13(14,15)16/h2-5H,6-8H2,1H3,(H,19,20). The van der Waals surface area contributed by atoms with Crippen molar-refractivity contribution in [3.05, 3.63) is 29.8 Å². The van der Waals surface area contributed by atoms with Gasteiger partial charge in [0, 0.05) is 0 Å². The van der Waals surface area contributed by atoms with Gasteiger partial charge in [0.1, 0.15) is 18.8 Å². The average Bonchev–Trinajstić information content (AvgIpc) is 2.36. The zero-order valence-electron chi connectivity index (χ0n) is 11.2. The largest absolute Gasteiger partial charge is 0.497 e. The van der Waals surface area contributed by atoms with E-state index in [-0.39, 0.29) is 11.3 Å². The van der Waals surface area contributed by atoms with Crippen LogP contribution in [0.4, 0.5) is 13.2 Å². The van der Waals surface area contributed by atoms with Gasteiger partial charge < -0.3 is 14.7 Å². The molecular formula is C13H14F3NO4. The lowest BCUT2D eigenvalue weighted by Crippen LogP contribution is -2.42. The van der Waals surface area contributed by atoms with Crippen molar-refractivity contribution in [2.24, 2.45) is 0 Å². The molecule has 8 heteroatoms. The third-order valence-corrected chi connectivity index (χ3v) is 2.54. The molecule has 1 aromatic rings.